The summed E-state index contributed by atoms with van der Waals surface area (Å²) in [4.78, 5) is 0. The van der Waals surface area contributed by atoms with E-state index in [0.717, 1.165) is 24.5 Å². The minimum atomic E-state index is 0.788. The summed E-state index contributed by atoms with van der Waals surface area (Å²) < 4.78 is 5.07. The summed E-state index contributed by atoms with van der Waals surface area (Å²) in [6, 6.07) is 0.788. The van der Waals surface area contributed by atoms with Crippen molar-refractivity contribution in [2.24, 2.45) is 11.8 Å². The molecule has 0 bridgehead atoms. The quantitative estimate of drug-likeness (QED) is 0.523. The van der Waals surface area contributed by atoms with E-state index in [0.29, 0.717) is 0 Å². The lowest BCUT2D eigenvalue weighted by Gasteiger charge is -2.19. The molecule has 2 nitrogen and oxygen atoms in total. The molecular formula is C16H33NO. The highest BCUT2D eigenvalue weighted by Crippen LogP contribution is 2.28. The molecule has 1 fully saturated rings. The number of hydrogen-bond donors (Lipinski definition) is 1. The molecule has 0 heterocycles. The van der Waals surface area contributed by atoms with Crippen LogP contribution in [0.5, 0.6) is 0 Å². The molecule has 108 valence electrons. The van der Waals surface area contributed by atoms with E-state index < -0.39 is 0 Å². The Hall–Kier alpha value is -0.0800. The van der Waals surface area contributed by atoms with Crippen LogP contribution in [0, 0.1) is 11.8 Å². The highest BCUT2D eigenvalue weighted by Gasteiger charge is 2.20. The molecule has 2 heteroatoms. The number of nitrogens with one attached hydrogen (secondary N) is 1. The van der Waals surface area contributed by atoms with Crippen molar-refractivity contribution in [2.75, 3.05) is 20.3 Å². The first kappa shape index (κ1) is 16.0. The summed E-state index contributed by atoms with van der Waals surface area (Å²) >= 11 is 0. The summed E-state index contributed by atoms with van der Waals surface area (Å²) in [7, 11) is 1.79. The maximum Gasteiger partial charge on any atom is 0.0462 e. The third-order valence-corrected chi connectivity index (χ3v) is 4.41. The first-order chi connectivity index (χ1) is 8.74. The second-order valence-electron chi connectivity index (χ2n) is 6.22. The van der Waals surface area contributed by atoms with E-state index in [-0.39, 0.29) is 0 Å². The lowest BCUT2D eigenvalue weighted by molar-refractivity contribution is 0.192. The molecule has 0 amide bonds. The molecule has 1 aliphatic carbocycles. The number of hydrogen-bond acceptors (Lipinski definition) is 2. The van der Waals surface area contributed by atoms with Gasteiger partial charge in [-0.25, -0.2) is 0 Å². The monoisotopic (exact) mass is 255 g/mol. The smallest absolute Gasteiger partial charge is 0.0462 e. The van der Waals surface area contributed by atoms with E-state index in [4.69, 9.17) is 4.74 Å². The topological polar surface area (TPSA) is 21.3 Å². The average molecular weight is 255 g/mol. The van der Waals surface area contributed by atoms with Crippen LogP contribution in [-0.4, -0.2) is 26.3 Å². The Morgan fingerprint density at radius 1 is 1.06 bits per heavy atom. The predicted molar refractivity (Wildman–Crippen MR) is 78.9 cm³/mol. The molecule has 0 aromatic carbocycles. The fourth-order valence-corrected chi connectivity index (χ4v) is 3.06. The van der Waals surface area contributed by atoms with Crippen molar-refractivity contribution in [3.63, 3.8) is 0 Å². The van der Waals surface area contributed by atoms with Crippen LogP contribution in [0.2, 0.25) is 0 Å². The van der Waals surface area contributed by atoms with E-state index in [1.807, 2.05) is 0 Å². The lowest BCUT2D eigenvalue weighted by Crippen LogP contribution is -2.29. The summed E-state index contributed by atoms with van der Waals surface area (Å²) in [6.07, 6.45) is 10.9. The van der Waals surface area contributed by atoms with Crippen molar-refractivity contribution in [2.45, 2.75) is 71.3 Å². The SMILES string of the molecule is COCCCCCNC1CCCC(C(C)C)CC1. The standard InChI is InChI=1S/C16H33NO/c1-14(2)15-8-7-9-16(11-10-15)17-12-5-4-6-13-18-3/h14-17H,4-13H2,1-3H3. The highest BCUT2D eigenvalue weighted by molar-refractivity contribution is 4.76. The van der Waals surface area contributed by atoms with Crippen LogP contribution in [-0.2, 0) is 4.74 Å². The van der Waals surface area contributed by atoms with E-state index >= 15 is 0 Å². The van der Waals surface area contributed by atoms with Gasteiger partial charge in [0.2, 0.25) is 0 Å². The molecule has 1 aliphatic rings. The van der Waals surface area contributed by atoms with Crippen molar-refractivity contribution in [1.29, 1.82) is 0 Å². The molecular weight excluding hydrogens is 222 g/mol. The van der Waals surface area contributed by atoms with Crippen LogP contribution in [0.3, 0.4) is 0 Å². The highest BCUT2D eigenvalue weighted by atomic mass is 16.5. The first-order valence-corrected chi connectivity index (χ1v) is 7.96. The van der Waals surface area contributed by atoms with Gasteiger partial charge in [-0.1, -0.05) is 26.7 Å². The van der Waals surface area contributed by atoms with Crippen LogP contribution in [0.25, 0.3) is 0 Å². The van der Waals surface area contributed by atoms with Crippen molar-refractivity contribution in [3.8, 4) is 0 Å². The Balaban J connectivity index is 2.05. The lowest BCUT2D eigenvalue weighted by atomic mass is 9.89. The van der Waals surface area contributed by atoms with E-state index in [1.54, 1.807) is 7.11 Å². The van der Waals surface area contributed by atoms with Gasteiger partial charge in [0.25, 0.3) is 0 Å². The maximum atomic E-state index is 5.07. The number of methoxy groups -OCH3 is 1. The number of ether oxygens (including phenoxy) is 1. The molecule has 2 atom stereocenters. The van der Waals surface area contributed by atoms with Gasteiger partial charge in [0.1, 0.15) is 0 Å². The second-order valence-corrected chi connectivity index (χ2v) is 6.22. The Morgan fingerprint density at radius 2 is 1.89 bits per heavy atom. The molecule has 0 saturated heterocycles. The predicted octanol–water partition coefficient (Wildman–Crippen LogP) is 4.00. The molecule has 1 rings (SSSR count). The summed E-state index contributed by atoms with van der Waals surface area (Å²) in [5, 5.41) is 3.76. The first-order valence-electron chi connectivity index (χ1n) is 7.96. The van der Waals surface area contributed by atoms with Crippen molar-refractivity contribution in [3.05, 3.63) is 0 Å². The van der Waals surface area contributed by atoms with Crippen LogP contribution in [0.15, 0.2) is 0 Å². The average Bonchev–Trinajstić information content (AvgIpc) is 2.59. The van der Waals surface area contributed by atoms with Gasteiger partial charge in [0.15, 0.2) is 0 Å². The Kier molecular flexibility index (Phi) is 8.70. The molecule has 2 unspecified atom stereocenters. The van der Waals surface area contributed by atoms with Gasteiger partial charge in [-0.3, -0.25) is 0 Å². The van der Waals surface area contributed by atoms with Crippen LogP contribution in [0.1, 0.15) is 65.2 Å². The molecule has 0 aliphatic heterocycles. The van der Waals surface area contributed by atoms with Crippen molar-refractivity contribution >= 4 is 0 Å². The molecule has 0 aromatic heterocycles. The van der Waals surface area contributed by atoms with Crippen LogP contribution >= 0.6 is 0 Å². The van der Waals surface area contributed by atoms with Gasteiger partial charge in [0, 0.05) is 19.8 Å². The minimum absolute atomic E-state index is 0.788. The van der Waals surface area contributed by atoms with Gasteiger partial charge in [-0.05, 0) is 56.9 Å². The zero-order valence-corrected chi connectivity index (χ0v) is 12.7. The number of unbranched alkanes of at least 4 members (excludes halogenated alkanes) is 2. The van der Waals surface area contributed by atoms with Crippen molar-refractivity contribution in [1.82, 2.24) is 5.32 Å². The normalized spacial score (nSPS) is 25.3. The zero-order valence-electron chi connectivity index (χ0n) is 12.7. The van der Waals surface area contributed by atoms with Gasteiger partial charge in [-0.2, -0.15) is 0 Å². The fraction of sp³-hybridized carbons (Fsp3) is 1.00. The third kappa shape index (κ3) is 6.75. The summed E-state index contributed by atoms with van der Waals surface area (Å²) in [6.45, 7) is 6.88. The Morgan fingerprint density at radius 3 is 2.61 bits per heavy atom. The summed E-state index contributed by atoms with van der Waals surface area (Å²) in [5.41, 5.74) is 0. The second kappa shape index (κ2) is 9.80. The molecule has 0 radical (unpaired) electrons. The third-order valence-electron chi connectivity index (χ3n) is 4.41. The molecule has 1 saturated carbocycles. The van der Waals surface area contributed by atoms with E-state index in [2.05, 4.69) is 19.2 Å². The molecule has 0 spiro atoms. The number of rotatable bonds is 8. The van der Waals surface area contributed by atoms with Gasteiger partial charge < -0.3 is 10.1 Å². The van der Waals surface area contributed by atoms with Crippen LogP contribution < -0.4 is 5.32 Å². The van der Waals surface area contributed by atoms with Gasteiger partial charge >= 0.3 is 0 Å². The largest absolute Gasteiger partial charge is 0.385 e. The fourth-order valence-electron chi connectivity index (χ4n) is 3.06. The van der Waals surface area contributed by atoms with Gasteiger partial charge in [0.05, 0.1) is 0 Å². The molecule has 18 heavy (non-hydrogen) atoms. The molecule has 1 N–H and O–H groups in total. The zero-order chi connectivity index (χ0) is 13.2. The Labute approximate surface area is 114 Å². The maximum absolute atomic E-state index is 5.07. The minimum Gasteiger partial charge on any atom is -0.385 e. The van der Waals surface area contributed by atoms with E-state index in [9.17, 15) is 0 Å². The Bertz CT molecular complexity index is 194. The van der Waals surface area contributed by atoms with Crippen LogP contribution in [0.4, 0.5) is 0 Å². The molecule has 0 aromatic rings. The van der Waals surface area contributed by atoms with Crippen molar-refractivity contribution < 1.29 is 4.74 Å². The van der Waals surface area contributed by atoms with Gasteiger partial charge in [-0.15, -0.1) is 0 Å². The van der Waals surface area contributed by atoms with E-state index in [1.165, 1.54) is 57.9 Å². The summed E-state index contributed by atoms with van der Waals surface area (Å²) in [5.74, 6) is 1.84.